The molecule has 3 N–H and O–H groups in total. The summed E-state index contributed by atoms with van der Waals surface area (Å²) in [6.07, 6.45) is 4.29. The second-order valence-electron chi connectivity index (χ2n) is 5.28. The largest absolute Gasteiger partial charge is 0.356 e. The molecule has 1 amide bonds. The molecule has 0 spiro atoms. The Kier molecular flexibility index (Phi) is 4.91. The van der Waals surface area contributed by atoms with E-state index in [9.17, 15) is 9.18 Å². The van der Waals surface area contributed by atoms with Crippen LogP contribution in [0.2, 0.25) is 0 Å². The minimum atomic E-state index is -0.231. The van der Waals surface area contributed by atoms with Gasteiger partial charge in [-0.25, -0.2) is 4.39 Å². The highest BCUT2D eigenvalue weighted by Crippen LogP contribution is 2.23. The van der Waals surface area contributed by atoms with Gasteiger partial charge in [0.05, 0.1) is 0 Å². The first-order valence-electron chi connectivity index (χ1n) is 6.93. The van der Waals surface area contributed by atoms with Crippen molar-refractivity contribution in [1.82, 2.24) is 5.32 Å². The molecule has 0 bridgehead atoms. The van der Waals surface area contributed by atoms with Gasteiger partial charge in [0.25, 0.3) is 0 Å². The monoisotopic (exact) mass is 264 g/mol. The zero-order valence-corrected chi connectivity index (χ0v) is 11.1. The maximum absolute atomic E-state index is 13.0. The molecule has 4 heteroatoms. The van der Waals surface area contributed by atoms with Crippen LogP contribution in [0.3, 0.4) is 0 Å². The lowest BCUT2D eigenvalue weighted by Gasteiger charge is -2.25. The molecule has 19 heavy (non-hydrogen) atoms. The first kappa shape index (κ1) is 14.0. The van der Waals surface area contributed by atoms with E-state index in [1.54, 1.807) is 6.07 Å². The van der Waals surface area contributed by atoms with Gasteiger partial charge >= 0.3 is 0 Å². The average molecular weight is 264 g/mol. The second-order valence-corrected chi connectivity index (χ2v) is 5.28. The first-order chi connectivity index (χ1) is 9.15. The summed E-state index contributed by atoms with van der Waals surface area (Å²) in [7, 11) is 0. The number of nitrogens with two attached hydrogens (primary N) is 1. The third-order valence-electron chi connectivity index (χ3n) is 3.74. The predicted molar refractivity (Wildman–Crippen MR) is 73.0 cm³/mol. The molecule has 1 aliphatic carbocycles. The van der Waals surface area contributed by atoms with E-state index in [2.05, 4.69) is 5.32 Å². The van der Waals surface area contributed by atoms with Crippen molar-refractivity contribution >= 4 is 5.91 Å². The maximum atomic E-state index is 13.0. The van der Waals surface area contributed by atoms with Crippen molar-refractivity contribution in [3.63, 3.8) is 0 Å². The Morgan fingerprint density at radius 1 is 1.32 bits per heavy atom. The molecule has 0 radical (unpaired) electrons. The number of hydrogen-bond donors (Lipinski definition) is 2. The standard InChI is InChI=1S/C15H21FN2O/c16-13-3-1-2-11(10-13)8-9-18-15(19)12-4-6-14(17)7-5-12/h1-3,10,12,14H,4-9,17H2,(H,18,19). The molecule has 3 nitrogen and oxygen atoms in total. The minimum absolute atomic E-state index is 0.104. The number of amides is 1. The Morgan fingerprint density at radius 3 is 2.74 bits per heavy atom. The van der Waals surface area contributed by atoms with Crippen LogP contribution < -0.4 is 11.1 Å². The topological polar surface area (TPSA) is 55.1 Å². The van der Waals surface area contributed by atoms with E-state index in [1.165, 1.54) is 12.1 Å². The van der Waals surface area contributed by atoms with Crippen LogP contribution in [0, 0.1) is 11.7 Å². The van der Waals surface area contributed by atoms with E-state index in [0.717, 1.165) is 31.2 Å². The summed E-state index contributed by atoms with van der Waals surface area (Å²) >= 11 is 0. The first-order valence-corrected chi connectivity index (χ1v) is 6.93. The van der Waals surface area contributed by atoms with E-state index in [-0.39, 0.29) is 23.7 Å². The fraction of sp³-hybridized carbons (Fsp3) is 0.533. The van der Waals surface area contributed by atoms with Crippen LogP contribution in [-0.4, -0.2) is 18.5 Å². The van der Waals surface area contributed by atoms with Crippen LogP contribution in [0.15, 0.2) is 24.3 Å². The zero-order valence-electron chi connectivity index (χ0n) is 11.1. The molecule has 1 fully saturated rings. The van der Waals surface area contributed by atoms with Gasteiger partial charge in [-0.1, -0.05) is 12.1 Å². The molecule has 0 saturated heterocycles. The summed E-state index contributed by atoms with van der Waals surface area (Å²) < 4.78 is 13.0. The van der Waals surface area contributed by atoms with Gasteiger partial charge in [0.1, 0.15) is 5.82 Å². The number of carbonyl (C=O) groups is 1. The molecule has 0 aromatic heterocycles. The Morgan fingerprint density at radius 2 is 2.05 bits per heavy atom. The van der Waals surface area contributed by atoms with E-state index >= 15 is 0 Å². The van der Waals surface area contributed by atoms with E-state index < -0.39 is 0 Å². The molecule has 0 heterocycles. The lowest BCUT2D eigenvalue weighted by molar-refractivity contribution is -0.125. The molecule has 1 aliphatic rings. The molecular formula is C15H21FN2O. The quantitative estimate of drug-likeness (QED) is 0.874. The van der Waals surface area contributed by atoms with Gasteiger partial charge in [0.15, 0.2) is 0 Å². The smallest absolute Gasteiger partial charge is 0.223 e. The number of hydrogen-bond acceptors (Lipinski definition) is 2. The van der Waals surface area contributed by atoms with Crippen LogP contribution in [0.4, 0.5) is 4.39 Å². The van der Waals surface area contributed by atoms with Gasteiger partial charge in [-0.15, -0.1) is 0 Å². The molecule has 0 aliphatic heterocycles. The van der Waals surface area contributed by atoms with Gasteiger partial charge in [-0.2, -0.15) is 0 Å². The SMILES string of the molecule is NC1CCC(C(=O)NCCc2cccc(F)c2)CC1. The highest BCUT2D eigenvalue weighted by Gasteiger charge is 2.23. The van der Waals surface area contributed by atoms with Crippen molar-refractivity contribution in [1.29, 1.82) is 0 Å². The number of carbonyl (C=O) groups excluding carboxylic acids is 1. The Labute approximate surface area is 113 Å². The van der Waals surface area contributed by atoms with Crippen LogP contribution in [0.5, 0.6) is 0 Å². The normalized spacial score (nSPS) is 23.1. The van der Waals surface area contributed by atoms with Crippen LogP contribution >= 0.6 is 0 Å². The molecule has 1 aromatic carbocycles. The third-order valence-corrected chi connectivity index (χ3v) is 3.74. The fourth-order valence-electron chi connectivity index (χ4n) is 2.55. The molecule has 1 aromatic rings. The number of nitrogens with one attached hydrogen (secondary N) is 1. The van der Waals surface area contributed by atoms with E-state index in [1.807, 2.05) is 6.07 Å². The van der Waals surface area contributed by atoms with Crippen molar-refractivity contribution in [2.24, 2.45) is 11.7 Å². The fourth-order valence-corrected chi connectivity index (χ4v) is 2.55. The summed E-state index contributed by atoms with van der Waals surface area (Å²) in [6.45, 7) is 0.560. The molecule has 0 atom stereocenters. The average Bonchev–Trinajstić information content (AvgIpc) is 2.39. The summed E-state index contributed by atoms with van der Waals surface area (Å²) in [6, 6.07) is 6.75. The summed E-state index contributed by atoms with van der Waals surface area (Å²) in [5.41, 5.74) is 6.73. The third kappa shape index (κ3) is 4.31. The molecule has 1 saturated carbocycles. The lowest BCUT2D eigenvalue weighted by Crippen LogP contribution is -2.37. The molecule has 0 unspecified atom stereocenters. The van der Waals surface area contributed by atoms with Crippen LogP contribution in [0.25, 0.3) is 0 Å². The summed E-state index contributed by atoms with van der Waals surface area (Å²) in [4.78, 5) is 11.9. The Hall–Kier alpha value is -1.42. The van der Waals surface area contributed by atoms with Crippen molar-refractivity contribution < 1.29 is 9.18 Å². The Balaban J connectivity index is 1.72. The molecule has 104 valence electrons. The zero-order chi connectivity index (χ0) is 13.7. The van der Waals surface area contributed by atoms with Crippen molar-refractivity contribution in [2.75, 3.05) is 6.54 Å². The minimum Gasteiger partial charge on any atom is -0.356 e. The van der Waals surface area contributed by atoms with E-state index in [4.69, 9.17) is 5.73 Å². The Bertz CT molecular complexity index is 428. The van der Waals surface area contributed by atoms with Gasteiger partial charge < -0.3 is 11.1 Å². The lowest BCUT2D eigenvalue weighted by atomic mass is 9.86. The van der Waals surface area contributed by atoms with Gasteiger partial charge in [0, 0.05) is 18.5 Å². The van der Waals surface area contributed by atoms with Gasteiger partial charge in [-0.05, 0) is 49.8 Å². The van der Waals surface area contributed by atoms with Crippen LogP contribution in [-0.2, 0) is 11.2 Å². The van der Waals surface area contributed by atoms with Gasteiger partial charge in [-0.3, -0.25) is 4.79 Å². The number of benzene rings is 1. The van der Waals surface area contributed by atoms with Crippen LogP contribution in [0.1, 0.15) is 31.2 Å². The summed E-state index contributed by atoms with van der Waals surface area (Å²) in [5, 5.41) is 2.93. The number of rotatable bonds is 4. The number of halogens is 1. The second kappa shape index (κ2) is 6.66. The van der Waals surface area contributed by atoms with Crippen molar-refractivity contribution in [3.05, 3.63) is 35.6 Å². The maximum Gasteiger partial charge on any atom is 0.223 e. The summed E-state index contributed by atoms with van der Waals surface area (Å²) in [5.74, 6) is -0.0132. The molecular weight excluding hydrogens is 243 g/mol. The highest BCUT2D eigenvalue weighted by molar-refractivity contribution is 5.78. The van der Waals surface area contributed by atoms with Gasteiger partial charge in [0.2, 0.25) is 5.91 Å². The predicted octanol–water partition coefficient (Wildman–Crippen LogP) is 2.00. The van der Waals surface area contributed by atoms with E-state index in [0.29, 0.717) is 13.0 Å². The van der Waals surface area contributed by atoms with Crippen molar-refractivity contribution in [2.45, 2.75) is 38.1 Å². The highest BCUT2D eigenvalue weighted by atomic mass is 19.1. The molecule has 2 rings (SSSR count). The van der Waals surface area contributed by atoms with Crippen molar-refractivity contribution in [3.8, 4) is 0 Å².